The first-order valence-electron chi connectivity index (χ1n) is 8.00. The normalized spacial score (nSPS) is 10.6. The minimum atomic E-state index is 0.0308. The number of carbonyl (C=O) groups is 1. The van der Waals surface area contributed by atoms with Gasteiger partial charge >= 0.3 is 0 Å². The molecular formula is C18H19N3O3S. The van der Waals surface area contributed by atoms with E-state index in [1.165, 1.54) is 0 Å². The lowest BCUT2D eigenvalue weighted by Gasteiger charge is -2.02. The number of benzene rings is 1. The fraction of sp³-hybridized carbons (Fsp3) is 0.278. The maximum absolute atomic E-state index is 11.8. The quantitative estimate of drug-likeness (QED) is 0.668. The van der Waals surface area contributed by atoms with Crippen molar-refractivity contribution in [3.8, 4) is 17.1 Å². The minimum absolute atomic E-state index is 0.0308. The Labute approximate surface area is 149 Å². The van der Waals surface area contributed by atoms with Crippen molar-refractivity contribution in [1.29, 1.82) is 0 Å². The summed E-state index contributed by atoms with van der Waals surface area (Å²) < 4.78 is 10.4. The molecule has 1 aromatic carbocycles. The fourth-order valence-corrected chi connectivity index (χ4v) is 2.95. The van der Waals surface area contributed by atoms with Gasteiger partial charge in [0.25, 0.3) is 0 Å². The van der Waals surface area contributed by atoms with Crippen molar-refractivity contribution < 1.29 is 14.1 Å². The highest BCUT2D eigenvalue weighted by molar-refractivity contribution is 7.09. The van der Waals surface area contributed by atoms with E-state index < -0.39 is 0 Å². The monoisotopic (exact) mass is 357 g/mol. The smallest absolute Gasteiger partial charge is 0.226 e. The van der Waals surface area contributed by atoms with Gasteiger partial charge in [0, 0.05) is 23.3 Å². The zero-order valence-electron chi connectivity index (χ0n) is 13.9. The average molecular weight is 357 g/mol. The van der Waals surface area contributed by atoms with Crippen LogP contribution in [0, 0.1) is 0 Å². The summed E-state index contributed by atoms with van der Waals surface area (Å²) in [5, 5.41) is 8.89. The van der Waals surface area contributed by atoms with Crippen LogP contribution in [-0.2, 0) is 17.8 Å². The minimum Gasteiger partial charge on any atom is -0.497 e. The van der Waals surface area contributed by atoms with Gasteiger partial charge in [-0.15, -0.1) is 11.3 Å². The molecule has 0 bridgehead atoms. The third kappa shape index (κ3) is 4.90. The lowest BCUT2D eigenvalue weighted by molar-refractivity contribution is -0.121. The fourth-order valence-electron chi connectivity index (χ4n) is 2.30. The molecule has 0 saturated heterocycles. The molecule has 0 radical (unpaired) electrons. The van der Waals surface area contributed by atoms with Gasteiger partial charge in [-0.3, -0.25) is 4.79 Å². The average Bonchev–Trinajstić information content (AvgIpc) is 3.32. The van der Waals surface area contributed by atoms with Crippen molar-refractivity contribution in [2.45, 2.75) is 25.8 Å². The van der Waals surface area contributed by atoms with Crippen LogP contribution >= 0.6 is 11.3 Å². The summed E-state index contributed by atoms with van der Waals surface area (Å²) in [4.78, 5) is 17.3. The molecule has 0 saturated carbocycles. The number of nitrogens with zero attached hydrogens (tertiary/aromatic N) is 2. The molecule has 1 amide bonds. The summed E-state index contributed by atoms with van der Waals surface area (Å²) in [6.07, 6.45) is 1.68. The molecule has 1 N–H and O–H groups in total. The lowest BCUT2D eigenvalue weighted by atomic mass is 10.2. The van der Waals surface area contributed by atoms with Crippen molar-refractivity contribution in [2.24, 2.45) is 0 Å². The molecule has 2 heterocycles. The van der Waals surface area contributed by atoms with Crippen molar-refractivity contribution in [3.63, 3.8) is 0 Å². The van der Waals surface area contributed by atoms with Crippen LogP contribution in [0.2, 0.25) is 0 Å². The third-order valence-corrected chi connectivity index (χ3v) is 4.53. The standard InChI is InChI=1S/C18H19N3O3S/c1-23-14-9-7-13(8-10-14)18-20-17(24-21-18)6-2-5-16(22)19-12-15-4-3-11-25-15/h3-4,7-11H,2,5-6,12H2,1H3,(H,19,22). The van der Waals surface area contributed by atoms with Gasteiger partial charge in [-0.2, -0.15) is 4.98 Å². The number of carbonyl (C=O) groups excluding carboxylic acids is 1. The van der Waals surface area contributed by atoms with E-state index in [9.17, 15) is 4.79 Å². The first-order chi connectivity index (χ1) is 12.2. The van der Waals surface area contributed by atoms with Gasteiger partial charge < -0.3 is 14.6 Å². The van der Waals surface area contributed by atoms with Gasteiger partial charge in [-0.25, -0.2) is 0 Å². The number of methoxy groups -OCH3 is 1. The number of hydrogen-bond donors (Lipinski definition) is 1. The molecule has 0 atom stereocenters. The molecule has 130 valence electrons. The molecule has 25 heavy (non-hydrogen) atoms. The molecule has 6 nitrogen and oxygen atoms in total. The summed E-state index contributed by atoms with van der Waals surface area (Å²) in [7, 11) is 1.62. The van der Waals surface area contributed by atoms with Crippen molar-refractivity contribution in [3.05, 3.63) is 52.5 Å². The molecule has 0 aliphatic rings. The lowest BCUT2D eigenvalue weighted by Crippen LogP contribution is -2.21. The Bertz CT molecular complexity index is 797. The number of aryl methyl sites for hydroxylation is 1. The van der Waals surface area contributed by atoms with Gasteiger partial charge in [-0.1, -0.05) is 11.2 Å². The van der Waals surface area contributed by atoms with Crippen LogP contribution in [0.4, 0.5) is 0 Å². The Hall–Kier alpha value is -2.67. The SMILES string of the molecule is COc1ccc(-c2noc(CCCC(=O)NCc3cccs3)n2)cc1. The molecule has 0 aliphatic heterocycles. The number of hydrogen-bond acceptors (Lipinski definition) is 6. The first kappa shape index (κ1) is 17.2. The zero-order chi connectivity index (χ0) is 17.5. The molecule has 0 aliphatic carbocycles. The van der Waals surface area contributed by atoms with Crippen molar-refractivity contribution in [1.82, 2.24) is 15.5 Å². The van der Waals surface area contributed by atoms with E-state index in [1.54, 1.807) is 18.4 Å². The molecule has 3 aromatic rings. The van der Waals surface area contributed by atoms with E-state index in [1.807, 2.05) is 41.8 Å². The maximum Gasteiger partial charge on any atom is 0.226 e. The highest BCUT2D eigenvalue weighted by atomic mass is 32.1. The van der Waals surface area contributed by atoms with Crippen LogP contribution in [0.5, 0.6) is 5.75 Å². The van der Waals surface area contributed by atoms with Gasteiger partial charge in [0.2, 0.25) is 17.6 Å². The topological polar surface area (TPSA) is 77.2 Å². The predicted octanol–water partition coefficient (Wildman–Crippen LogP) is 3.45. The van der Waals surface area contributed by atoms with Crippen LogP contribution in [-0.4, -0.2) is 23.2 Å². The summed E-state index contributed by atoms with van der Waals surface area (Å²) in [5.41, 5.74) is 0.865. The largest absolute Gasteiger partial charge is 0.497 e. The summed E-state index contributed by atoms with van der Waals surface area (Å²) in [5.74, 6) is 1.89. The molecule has 3 rings (SSSR count). The van der Waals surface area contributed by atoms with Gasteiger partial charge in [0.05, 0.1) is 13.7 Å². The van der Waals surface area contributed by atoms with Crippen molar-refractivity contribution in [2.75, 3.05) is 7.11 Å². The van der Waals surface area contributed by atoms with E-state index in [4.69, 9.17) is 9.26 Å². The number of thiophene rings is 1. The second-order valence-corrected chi connectivity index (χ2v) is 6.48. The van der Waals surface area contributed by atoms with Crippen LogP contribution in [0.1, 0.15) is 23.6 Å². The molecular weight excluding hydrogens is 338 g/mol. The maximum atomic E-state index is 11.8. The number of nitrogens with one attached hydrogen (secondary N) is 1. The Balaban J connectivity index is 1.44. The summed E-state index contributed by atoms with van der Waals surface area (Å²) >= 11 is 1.63. The third-order valence-electron chi connectivity index (χ3n) is 3.65. The van der Waals surface area contributed by atoms with E-state index in [0.29, 0.717) is 37.5 Å². The number of amides is 1. The van der Waals surface area contributed by atoms with Crippen LogP contribution in [0.3, 0.4) is 0 Å². The van der Waals surface area contributed by atoms with E-state index >= 15 is 0 Å². The van der Waals surface area contributed by atoms with E-state index in [-0.39, 0.29) is 5.91 Å². The van der Waals surface area contributed by atoms with Crippen LogP contribution in [0.25, 0.3) is 11.4 Å². The van der Waals surface area contributed by atoms with Gasteiger partial charge in [-0.05, 0) is 42.1 Å². The number of aromatic nitrogens is 2. The molecule has 0 spiro atoms. The molecule has 7 heteroatoms. The Morgan fingerprint density at radius 3 is 2.84 bits per heavy atom. The number of ether oxygens (including phenoxy) is 1. The van der Waals surface area contributed by atoms with Gasteiger partial charge in [0.15, 0.2) is 0 Å². The zero-order valence-corrected chi connectivity index (χ0v) is 14.7. The highest BCUT2D eigenvalue weighted by Gasteiger charge is 2.10. The molecule has 0 unspecified atom stereocenters. The Morgan fingerprint density at radius 2 is 2.12 bits per heavy atom. The highest BCUT2D eigenvalue weighted by Crippen LogP contribution is 2.20. The van der Waals surface area contributed by atoms with E-state index in [2.05, 4.69) is 15.5 Å². The Kier molecular flexibility index (Phi) is 5.79. The predicted molar refractivity (Wildman–Crippen MR) is 95.4 cm³/mol. The summed E-state index contributed by atoms with van der Waals surface area (Å²) in [6, 6.07) is 11.4. The molecule has 2 aromatic heterocycles. The molecule has 0 fully saturated rings. The second-order valence-electron chi connectivity index (χ2n) is 5.45. The van der Waals surface area contributed by atoms with Crippen LogP contribution < -0.4 is 10.1 Å². The summed E-state index contributed by atoms with van der Waals surface area (Å²) in [6.45, 7) is 0.582. The second kappa shape index (κ2) is 8.43. The van der Waals surface area contributed by atoms with Crippen LogP contribution in [0.15, 0.2) is 46.3 Å². The number of rotatable bonds is 8. The van der Waals surface area contributed by atoms with Gasteiger partial charge in [0.1, 0.15) is 5.75 Å². The van der Waals surface area contributed by atoms with E-state index in [0.717, 1.165) is 16.2 Å². The first-order valence-corrected chi connectivity index (χ1v) is 8.88. The van der Waals surface area contributed by atoms with Crippen molar-refractivity contribution >= 4 is 17.2 Å². The Morgan fingerprint density at radius 1 is 1.28 bits per heavy atom.